The van der Waals surface area contributed by atoms with Crippen LogP contribution in [0, 0.1) is 18.8 Å². The second kappa shape index (κ2) is 6.07. The van der Waals surface area contributed by atoms with Crippen molar-refractivity contribution in [3.05, 3.63) is 45.7 Å². The molecule has 20 heavy (non-hydrogen) atoms. The summed E-state index contributed by atoms with van der Waals surface area (Å²) in [4.78, 5) is 26.2. The fourth-order valence-corrected chi connectivity index (χ4v) is 1.89. The lowest BCUT2D eigenvalue weighted by Gasteiger charge is -2.00. The van der Waals surface area contributed by atoms with Crippen molar-refractivity contribution in [2.45, 2.75) is 20.3 Å². The Labute approximate surface area is 116 Å². The molecule has 4 heteroatoms. The minimum Gasteiger partial charge on any atom is -0.465 e. The lowest BCUT2D eigenvalue weighted by atomic mass is 10.1. The Morgan fingerprint density at radius 1 is 1.35 bits per heavy atom. The van der Waals surface area contributed by atoms with E-state index < -0.39 is 0 Å². The van der Waals surface area contributed by atoms with Crippen molar-refractivity contribution in [3.63, 3.8) is 0 Å². The summed E-state index contributed by atoms with van der Waals surface area (Å²) >= 11 is 0. The Bertz CT molecular complexity index is 763. The van der Waals surface area contributed by atoms with Gasteiger partial charge in [-0.2, -0.15) is 0 Å². The quantitative estimate of drug-likeness (QED) is 0.671. The summed E-state index contributed by atoms with van der Waals surface area (Å²) in [5.41, 5.74) is 2.27. The number of hydrogen-bond donors (Lipinski definition) is 1. The van der Waals surface area contributed by atoms with Crippen LogP contribution in [0.25, 0.3) is 10.9 Å². The third-order valence-corrected chi connectivity index (χ3v) is 2.74. The molecular formula is C16H15NO3. The van der Waals surface area contributed by atoms with E-state index in [-0.39, 0.29) is 17.8 Å². The number of nitrogens with one attached hydrogen (secondary N) is 1. The molecular weight excluding hydrogens is 254 g/mol. The van der Waals surface area contributed by atoms with E-state index in [1.54, 1.807) is 19.1 Å². The molecule has 0 fully saturated rings. The molecule has 0 atom stereocenters. The molecule has 0 aliphatic rings. The fraction of sp³-hybridized carbons (Fsp3) is 0.250. The van der Waals surface area contributed by atoms with Crippen LogP contribution in [0.3, 0.4) is 0 Å². The van der Waals surface area contributed by atoms with Gasteiger partial charge in [0.05, 0.1) is 6.61 Å². The summed E-state index contributed by atoms with van der Waals surface area (Å²) in [7, 11) is 0. The highest BCUT2D eigenvalue weighted by atomic mass is 16.5. The Balaban J connectivity index is 2.27. The maximum atomic E-state index is 11.9. The van der Waals surface area contributed by atoms with Gasteiger partial charge in [0, 0.05) is 28.2 Å². The van der Waals surface area contributed by atoms with E-state index in [2.05, 4.69) is 16.8 Å². The maximum absolute atomic E-state index is 11.9. The van der Waals surface area contributed by atoms with Crippen molar-refractivity contribution in [1.29, 1.82) is 0 Å². The first-order valence-electron chi connectivity index (χ1n) is 6.38. The molecule has 0 saturated carbocycles. The summed E-state index contributed by atoms with van der Waals surface area (Å²) < 4.78 is 4.79. The highest BCUT2D eigenvalue weighted by Crippen LogP contribution is 2.10. The normalized spacial score (nSPS) is 9.90. The molecule has 1 heterocycles. The standard InChI is InChI=1S/C16H15NO3/c1-3-20-16(19)6-4-5-12-7-8-14-13(10-12)15(18)9-11(2)17-14/h7-10H,3,6H2,1-2H3,(H,17,18). The highest BCUT2D eigenvalue weighted by Gasteiger charge is 2.01. The average Bonchev–Trinajstić information content (AvgIpc) is 2.39. The van der Waals surface area contributed by atoms with Crippen LogP contribution >= 0.6 is 0 Å². The van der Waals surface area contributed by atoms with Crippen LogP contribution in [0.15, 0.2) is 29.1 Å². The predicted octanol–water partition coefficient (Wildman–Crippen LogP) is 2.14. The number of benzene rings is 1. The number of esters is 1. The lowest BCUT2D eigenvalue weighted by molar-refractivity contribution is -0.141. The Kier molecular flexibility index (Phi) is 4.21. The van der Waals surface area contributed by atoms with Gasteiger partial charge >= 0.3 is 5.97 Å². The summed E-state index contributed by atoms with van der Waals surface area (Å²) in [6, 6.07) is 6.91. The zero-order valence-electron chi connectivity index (χ0n) is 11.4. The van der Waals surface area contributed by atoms with Crippen molar-refractivity contribution < 1.29 is 9.53 Å². The van der Waals surface area contributed by atoms with Crippen molar-refractivity contribution in [3.8, 4) is 11.8 Å². The molecule has 0 aliphatic heterocycles. The highest BCUT2D eigenvalue weighted by molar-refractivity contribution is 5.80. The van der Waals surface area contributed by atoms with Gasteiger partial charge in [0.1, 0.15) is 6.42 Å². The van der Waals surface area contributed by atoms with E-state index in [4.69, 9.17) is 4.74 Å². The molecule has 0 amide bonds. The summed E-state index contributed by atoms with van der Waals surface area (Å²) in [6.07, 6.45) is 0.0517. The number of hydrogen-bond acceptors (Lipinski definition) is 3. The van der Waals surface area contributed by atoms with Crippen LogP contribution in [0.1, 0.15) is 24.6 Å². The van der Waals surface area contributed by atoms with Crippen LogP contribution in [0.2, 0.25) is 0 Å². The van der Waals surface area contributed by atoms with E-state index in [0.29, 0.717) is 17.6 Å². The maximum Gasteiger partial charge on any atom is 0.317 e. The van der Waals surface area contributed by atoms with Crippen LogP contribution in [0.4, 0.5) is 0 Å². The molecule has 0 aliphatic carbocycles. The molecule has 4 nitrogen and oxygen atoms in total. The van der Waals surface area contributed by atoms with Gasteiger partial charge in [-0.05, 0) is 32.0 Å². The molecule has 0 bridgehead atoms. The second-order valence-electron chi connectivity index (χ2n) is 4.36. The van der Waals surface area contributed by atoms with E-state index in [1.165, 1.54) is 0 Å². The van der Waals surface area contributed by atoms with Gasteiger partial charge in [0.25, 0.3) is 0 Å². The molecule has 2 rings (SSSR count). The molecule has 0 radical (unpaired) electrons. The number of aromatic amines is 1. The van der Waals surface area contributed by atoms with E-state index in [9.17, 15) is 9.59 Å². The molecule has 0 spiro atoms. The Hall–Kier alpha value is -2.54. The largest absolute Gasteiger partial charge is 0.465 e. The number of ether oxygens (including phenoxy) is 1. The molecule has 0 saturated heterocycles. The second-order valence-corrected chi connectivity index (χ2v) is 4.36. The van der Waals surface area contributed by atoms with E-state index in [0.717, 1.165) is 11.2 Å². The number of fused-ring (bicyclic) bond motifs is 1. The number of rotatable bonds is 2. The number of aryl methyl sites for hydroxylation is 1. The monoisotopic (exact) mass is 269 g/mol. The molecule has 2 aromatic rings. The van der Waals surface area contributed by atoms with Gasteiger partial charge in [-0.3, -0.25) is 9.59 Å². The smallest absolute Gasteiger partial charge is 0.317 e. The average molecular weight is 269 g/mol. The number of H-pyrrole nitrogens is 1. The van der Waals surface area contributed by atoms with Crippen molar-refractivity contribution >= 4 is 16.9 Å². The van der Waals surface area contributed by atoms with Gasteiger partial charge in [-0.1, -0.05) is 11.8 Å². The lowest BCUT2D eigenvalue weighted by Crippen LogP contribution is -2.03. The molecule has 1 aromatic carbocycles. The van der Waals surface area contributed by atoms with Crippen LogP contribution < -0.4 is 5.43 Å². The third kappa shape index (κ3) is 3.27. The molecule has 1 N–H and O–H groups in total. The zero-order valence-corrected chi connectivity index (χ0v) is 11.4. The van der Waals surface area contributed by atoms with Crippen LogP contribution in [-0.2, 0) is 9.53 Å². The predicted molar refractivity (Wildman–Crippen MR) is 77.4 cm³/mol. The van der Waals surface area contributed by atoms with Crippen molar-refractivity contribution in [1.82, 2.24) is 4.98 Å². The Morgan fingerprint density at radius 2 is 2.15 bits per heavy atom. The Morgan fingerprint density at radius 3 is 2.90 bits per heavy atom. The van der Waals surface area contributed by atoms with Gasteiger partial charge in [0.15, 0.2) is 5.43 Å². The van der Waals surface area contributed by atoms with E-state index in [1.807, 2.05) is 19.1 Å². The summed E-state index contributed by atoms with van der Waals surface area (Å²) in [5.74, 6) is 5.27. The number of carbonyl (C=O) groups excluding carboxylic acids is 1. The van der Waals surface area contributed by atoms with Crippen molar-refractivity contribution in [2.75, 3.05) is 6.61 Å². The van der Waals surface area contributed by atoms with Crippen LogP contribution in [-0.4, -0.2) is 17.6 Å². The van der Waals surface area contributed by atoms with E-state index >= 15 is 0 Å². The van der Waals surface area contributed by atoms with Gasteiger partial charge < -0.3 is 9.72 Å². The first kappa shape index (κ1) is 13.9. The molecule has 1 aromatic heterocycles. The number of pyridine rings is 1. The molecule has 0 unspecified atom stereocenters. The first-order chi connectivity index (χ1) is 9.60. The minimum absolute atomic E-state index is 0.0368. The molecule has 102 valence electrons. The summed E-state index contributed by atoms with van der Waals surface area (Å²) in [5, 5.41) is 0.596. The van der Waals surface area contributed by atoms with Gasteiger partial charge in [-0.15, -0.1) is 0 Å². The van der Waals surface area contributed by atoms with Gasteiger partial charge in [0.2, 0.25) is 0 Å². The SMILES string of the molecule is CCOC(=O)CC#Cc1ccc2[nH]c(C)cc(=O)c2c1. The fourth-order valence-electron chi connectivity index (χ4n) is 1.89. The first-order valence-corrected chi connectivity index (χ1v) is 6.38. The van der Waals surface area contributed by atoms with Crippen molar-refractivity contribution in [2.24, 2.45) is 0 Å². The minimum atomic E-state index is -0.339. The van der Waals surface area contributed by atoms with Gasteiger partial charge in [-0.25, -0.2) is 0 Å². The third-order valence-electron chi connectivity index (χ3n) is 2.74. The summed E-state index contributed by atoms with van der Waals surface area (Å²) in [6.45, 7) is 3.95. The van der Waals surface area contributed by atoms with Crippen LogP contribution in [0.5, 0.6) is 0 Å². The topological polar surface area (TPSA) is 59.2 Å². The number of carbonyl (C=O) groups is 1. The zero-order chi connectivity index (χ0) is 14.5. The number of aromatic nitrogens is 1.